The molecule has 0 unspecified atom stereocenters. The van der Waals surface area contributed by atoms with E-state index in [0.717, 1.165) is 16.7 Å². The first kappa shape index (κ1) is 23.0. The van der Waals surface area contributed by atoms with Gasteiger partial charge in [0.1, 0.15) is 5.82 Å². The van der Waals surface area contributed by atoms with Crippen molar-refractivity contribution in [2.45, 2.75) is 6.42 Å². The van der Waals surface area contributed by atoms with Crippen LogP contribution in [0, 0.1) is 5.82 Å². The molecule has 0 aliphatic carbocycles. The summed E-state index contributed by atoms with van der Waals surface area (Å²) < 4.78 is 38.4. The smallest absolute Gasteiger partial charge is 0.293 e. The number of imide groups is 1. The Morgan fingerprint density at radius 1 is 1.09 bits per heavy atom. The predicted molar refractivity (Wildman–Crippen MR) is 124 cm³/mol. The van der Waals surface area contributed by atoms with Crippen molar-refractivity contribution in [2.24, 2.45) is 0 Å². The summed E-state index contributed by atoms with van der Waals surface area (Å²) in [5.74, 6) is -1.16. The van der Waals surface area contributed by atoms with E-state index in [1.165, 1.54) is 46.8 Å². The SMILES string of the molecule is O=C(NCCN1C(=O)S/C(=C\c2ccc(F)cc2)C1=O)c1ccc(N2CCCS2(=O)=O)cc1. The van der Waals surface area contributed by atoms with Crippen LogP contribution in [0.4, 0.5) is 14.9 Å². The highest BCUT2D eigenvalue weighted by Crippen LogP contribution is 2.32. The maximum Gasteiger partial charge on any atom is 0.293 e. The summed E-state index contributed by atoms with van der Waals surface area (Å²) in [5.41, 5.74) is 1.44. The van der Waals surface area contributed by atoms with Gasteiger partial charge in [0.05, 0.1) is 16.3 Å². The van der Waals surface area contributed by atoms with E-state index in [1.54, 1.807) is 12.1 Å². The van der Waals surface area contributed by atoms with Gasteiger partial charge < -0.3 is 5.32 Å². The van der Waals surface area contributed by atoms with Crippen molar-refractivity contribution in [3.63, 3.8) is 0 Å². The predicted octanol–water partition coefficient (Wildman–Crippen LogP) is 2.83. The Morgan fingerprint density at radius 3 is 2.42 bits per heavy atom. The van der Waals surface area contributed by atoms with E-state index in [4.69, 9.17) is 0 Å². The summed E-state index contributed by atoms with van der Waals surface area (Å²) in [4.78, 5) is 38.4. The van der Waals surface area contributed by atoms with Crippen molar-refractivity contribution in [3.05, 3.63) is 70.4 Å². The Kier molecular flexibility index (Phi) is 6.52. The normalized spacial score (nSPS) is 18.9. The van der Waals surface area contributed by atoms with Gasteiger partial charge in [-0.15, -0.1) is 0 Å². The van der Waals surface area contributed by atoms with Crippen LogP contribution in [0.5, 0.6) is 0 Å². The van der Waals surface area contributed by atoms with E-state index in [0.29, 0.717) is 29.8 Å². The summed E-state index contributed by atoms with van der Waals surface area (Å²) in [5, 5.41) is 2.21. The molecule has 2 aromatic carbocycles. The van der Waals surface area contributed by atoms with Crippen LogP contribution in [0.3, 0.4) is 0 Å². The monoisotopic (exact) mass is 489 g/mol. The van der Waals surface area contributed by atoms with Crippen molar-refractivity contribution in [2.75, 3.05) is 29.7 Å². The average molecular weight is 490 g/mol. The molecule has 0 aromatic heterocycles. The van der Waals surface area contributed by atoms with Crippen molar-refractivity contribution in [3.8, 4) is 0 Å². The molecule has 8 nitrogen and oxygen atoms in total. The fourth-order valence-electron chi connectivity index (χ4n) is 3.50. The summed E-state index contributed by atoms with van der Waals surface area (Å²) in [6, 6.07) is 11.8. The third-order valence-corrected chi connectivity index (χ3v) is 7.96. The number of thioether (sulfide) groups is 1. The molecular formula is C22H20FN3O5S2. The highest BCUT2D eigenvalue weighted by molar-refractivity contribution is 8.18. The zero-order valence-corrected chi connectivity index (χ0v) is 19.0. The van der Waals surface area contributed by atoms with Crippen LogP contribution in [0.15, 0.2) is 53.4 Å². The van der Waals surface area contributed by atoms with Crippen LogP contribution >= 0.6 is 11.8 Å². The van der Waals surface area contributed by atoms with E-state index in [1.807, 2.05) is 0 Å². The lowest BCUT2D eigenvalue weighted by Gasteiger charge is -2.17. The van der Waals surface area contributed by atoms with Crippen LogP contribution in [-0.4, -0.2) is 55.8 Å². The first-order valence-corrected chi connectivity index (χ1v) is 12.6. The maximum absolute atomic E-state index is 13.0. The van der Waals surface area contributed by atoms with Gasteiger partial charge in [0.25, 0.3) is 17.1 Å². The fraction of sp³-hybridized carbons (Fsp3) is 0.227. The van der Waals surface area contributed by atoms with Crippen LogP contribution in [0.25, 0.3) is 6.08 Å². The molecule has 2 heterocycles. The van der Waals surface area contributed by atoms with E-state index < -0.39 is 32.9 Å². The Morgan fingerprint density at radius 2 is 1.79 bits per heavy atom. The first-order chi connectivity index (χ1) is 15.7. The minimum absolute atomic E-state index is 0.00126. The molecule has 3 amide bonds. The van der Waals surface area contributed by atoms with Crippen LogP contribution in [0.2, 0.25) is 0 Å². The van der Waals surface area contributed by atoms with Gasteiger partial charge in [0, 0.05) is 25.2 Å². The lowest BCUT2D eigenvalue weighted by Crippen LogP contribution is -2.37. The van der Waals surface area contributed by atoms with E-state index >= 15 is 0 Å². The van der Waals surface area contributed by atoms with Gasteiger partial charge in [-0.3, -0.25) is 23.6 Å². The number of hydrogen-bond acceptors (Lipinski definition) is 6. The van der Waals surface area contributed by atoms with Gasteiger partial charge in [-0.05, 0) is 66.2 Å². The molecule has 11 heteroatoms. The molecule has 2 saturated heterocycles. The minimum atomic E-state index is -3.29. The molecule has 2 aliphatic heterocycles. The second-order valence-electron chi connectivity index (χ2n) is 7.43. The quantitative estimate of drug-likeness (QED) is 0.626. The number of carbonyl (C=O) groups excluding carboxylic acids is 3. The molecule has 0 saturated carbocycles. The Labute approximate surface area is 194 Å². The van der Waals surface area contributed by atoms with E-state index in [9.17, 15) is 27.2 Å². The summed E-state index contributed by atoms with van der Waals surface area (Å²) in [6.07, 6.45) is 2.09. The van der Waals surface area contributed by atoms with Crippen molar-refractivity contribution >= 4 is 50.6 Å². The second-order valence-corrected chi connectivity index (χ2v) is 10.4. The van der Waals surface area contributed by atoms with Crippen LogP contribution in [0.1, 0.15) is 22.3 Å². The lowest BCUT2D eigenvalue weighted by molar-refractivity contribution is -0.122. The summed E-state index contributed by atoms with van der Waals surface area (Å²) in [7, 11) is -3.29. The topological polar surface area (TPSA) is 104 Å². The zero-order chi connectivity index (χ0) is 23.6. The van der Waals surface area contributed by atoms with E-state index in [-0.39, 0.29) is 23.7 Å². The number of nitrogens with one attached hydrogen (secondary N) is 1. The highest BCUT2D eigenvalue weighted by Gasteiger charge is 2.34. The number of hydrogen-bond donors (Lipinski definition) is 1. The van der Waals surface area contributed by atoms with Crippen molar-refractivity contribution < 1.29 is 27.2 Å². The van der Waals surface area contributed by atoms with Gasteiger partial charge in [-0.2, -0.15) is 0 Å². The third kappa shape index (κ3) is 5.09. The van der Waals surface area contributed by atoms with Gasteiger partial charge in [0.15, 0.2) is 0 Å². The Bertz CT molecular complexity index is 1230. The molecule has 0 spiro atoms. The number of halogens is 1. The third-order valence-electron chi connectivity index (χ3n) is 5.18. The molecule has 2 fully saturated rings. The number of carbonyl (C=O) groups is 3. The number of anilines is 1. The lowest BCUT2D eigenvalue weighted by atomic mass is 10.2. The van der Waals surface area contributed by atoms with Gasteiger partial charge >= 0.3 is 0 Å². The van der Waals surface area contributed by atoms with Crippen LogP contribution < -0.4 is 9.62 Å². The molecule has 2 aliphatic rings. The maximum atomic E-state index is 13.0. The molecule has 2 aromatic rings. The zero-order valence-electron chi connectivity index (χ0n) is 17.4. The van der Waals surface area contributed by atoms with Crippen LogP contribution in [-0.2, 0) is 14.8 Å². The number of amides is 3. The molecule has 172 valence electrons. The van der Waals surface area contributed by atoms with Crippen molar-refractivity contribution in [1.29, 1.82) is 0 Å². The molecule has 0 radical (unpaired) electrons. The fourth-order valence-corrected chi connectivity index (χ4v) is 5.92. The highest BCUT2D eigenvalue weighted by atomic mass is 32.2. The molecule has 0 atom stereocenters. The molecule has 1 N–H and O–H groups in total. The molecule has 0 bridgehead atoms. The number of nitrogens with zero attached hydrogens (tertiary/aromatic N) is 2. The Balaban J connectivity index is 1.32. The molecule has 4 rings (SSSR count). The standard InChI is InChI=1S/C22H20FN3O5S2/c23-17-6-2-15(3-7-17)14-19-21(28)25(22(29)32-19)12-10-24-20(27)16-4-8-18(9-5-16)26-11-1-13-33(26,30)31/h2-9,14H,1,10-13H2,(H,24,27)/b19-14-. The Hall–Kier alpha value is -3.18. The second kappa shape index (κ2) is 9.36. The van der Waals surface area contributed by atoms with Gasteiger partial charge in [-0.25, -0.2) is 12.8 Å². The average Bonchev–Trinajstić information content (AvgIpc) is 3.28. The number of rotatable bonds is 6. The van der Waals surface area contributed by atoms with Gasteiger partial charge in [0.2, 0.25) is 10.0 Å². The van der Waals surface area contributed by atoms with E-state index in [2.05, 4.69) is 5.32 Å². The largest absolute Gasteiger partial charge is 0.350 e. The molecule has 33 heavy (non-hydrogen) atoms. The summed E-state index contributed by atoms with van der Waals surface area (Å²) in [6.45, 7) is 0.478. The number of benzene rings is 2. The molecular weight excluding hydrogens is 469 g/mol. The van der Waals surface area contributed by atoms with Crippen molar-refractivity contribution in [1.82, 2.24) is 10.2 Å². The first-order valence-electron chi connectivity index (χ1n) is 10.1. The minimum Gasteiger partial charge on any atom is -0.350 e. The number of sulfonamides is 1. The summed E-state index contributed by atoms with van der Waals surface area (Å²) >= 11 is 0.788. The van der Waals surface area contributed by atoms with Gasteiger partial charge in [-0.1, -0.05) is 12.1 Å².